The molecule has 0 radical (unpaired) electrons. The van der Waals surface area contributed by atoms with Crippen molar-refractivity contribution in [2.24, 2.45) is 0 Å². The van der Waals surface area contributed by atoms with Crippen molar-refractivity contribution >= 4 is 34.6 Å². The Morgan fingerprint density at radius 3 is 1.46 bits per heavy atom. The molecule has 0 spiro atoms. The average Bonchev–Trinajstić information content (AvgIpc) is 2.60. The molecule has 0 bridgehead atoms. The number of hydrogen-bond acceptors (Lipinski definition) is 6. The Hall–Kier alpha value is -3.42. The van der Waals surface area contributed by atoms with Crippen molar-refractivity contribution in [3.05, 3.63) is 36.4 Å². The Kier molecular flexibility index (Phi) is 7.50. The maximum Gasteiger partial charge on any atom is 0.311 e. The maximum absolute atomic E-state index is 11.8. The van der Waals surface area contributed by atoms with E-state index in [0.717, 1.165) is 5.39 Å². The minimum atomic E-state index is -0.969. The Bertz CT molecular complexity index is 818. The molecule has 0 saturated carbocycles. The van der Waals surface area contributed by atoms with Crippen molar-refractivity contribution in [2.75, 3.05) is 0 Å². The Labute approximate surface area is 160 Å². The van der Waals surface area contributed by atoms with Gasteiger partial charge in [0.15, 0.2) is 0 Å². The molecule has 8 nitrogen and oxygen atoms in total. The molecule has 28 heavy (non-hydrogen) atoms. The normalized spacial score (nSPS) is 10.4. The van der Waals surface area contributed by atoms with Crippen molar-refractivity contribution in [3.63, 3.8) is 0 Å². The molecule has 2 aromatic rings. The van der Waals surface area contributed by atoms with Gasteiger partial charge in [0.1, 0.15) is 11.5 Å². The summed E-state index contributed by atoms with van der Waals surface area (Å²) in [5, 5.41) is 18.7. The predicted molar refractivity (Wildman–Crippen MR) is 98.2 cm³/mol. The van der Waals surface area contributed by atoms with E-state index >= 15 is 0 Å². The fourth-order valence-electron chi connectivity index (χ4n) is 2.46. The van der Waals surface area contributed by atoms with E-state index < -0.39 is 23.9 Å². The number of fused-ring (bicyclic) bond motifs is 1. The monoisotopic (exact) mass is 388 g/mol. The molecular formula is C20H20O8. The molecule has 0 atom stereocenters. The topological polar surface area (TPSA) is 127 Å². The minimum absolute atomic E-state index is 0.00165. The SMILES string of the molecule is O=C(O)CCCC(=O)Oc1ccc2ccc(OC(=O)CCCC(=O)O)cc2c1. The van der Waals surface area contributed by atoms with Crippen LogP contribution in [0.3, 0.4) is 0 Å². The number of esters is 2. The second-order valence-electron chi connectivity index (χ2n) is 6.11. The minimum Gasteiger partial charge on any atom is -0.481 e. The van der Waals surface area contributed by atoms with Crippen molar-refractivity contribution in [1.29, 1.82) is 0 Å². The van der Waals surface area contributed by atoms with Crippen LogP contribution in [0.4, 0.5) is 0 Å². The van der Waals surface area contributed by atoms with Gasteiger partial charge in [0.25, 0.3) is 0 Å². The average molecular weight is 388 g/mol. The lowest BCUT2D eigenvalue weighted by Gasteiger charge is -2.08. The van der Waals surface area contributed by atoms with Crippen LogP contribution in [0, 0.1) is 0 Å². The second kappa shape index (κ2) is 10.1. The summed E-state index contributed by atoms with van der Waals surface area (Å²) in [6.07, 6.45) is 0.187. The number of benzene rings is 2. The number of carbonyl (C=O) groups excluding carboxylic acids is 2. The van der Waals surface area contributed by atoms with Gasteiger partial charge in [-0.25, -0.2) is 0 Å². The predicted octanol–water partition coefficient (Wildman–Crippen LogP) is 3.16. The highest BCUT2D eigenvalue weighted by molar-refractivity contribution is 5.87. The Balaban J connectivity index is 1.98. The van der Waals surface area contributed by atoms with Gasteiger partial charge >= 0.3 is 23.9 Å². The highest BCUT2D eigenvalue weighted by Crippen LogP contribution is 2.26. The first kappa shape index (κ1) is 20.9. The smallest absolute Gasteiger partial charge is 0.311 e. The van der Waals surface area contributed by atoms with E-state index in [9.17, 15) is 19.2 Å². The third-order valence-electron chi connectivity index (χ3n) is 3.79. The van der Waals surface area contributed by atoms with Gasteiger partial charge in [-0.3, -0.25) is 19.2 Å². The molecule has 0 aliphatic carbocycles. The van der Waals surface area contributed by atoms with Crippen LogP contribution in [0.5, 0.6) is 11.5 Å². The zero-order valence-corrected chi connectivity index (χ0v) is 15.1. The largest absolute Gasteiger partial charge is 0.481 e. The quantitative estimate of drug-likeness (QED) is 0.469. The molecule has 0 aliphatic rings. The molecule has 0 fully saturated rings. The summed E-state index contributed by atoms with van der Waals surface area (Å²) in [5.74, 6) is -2.38. The van der Waals surface area contributed by atoms with Gasteiger partial charge in [0.2, 0.25) is 0 Å². The molecule has 148 valence electrons. The lowest BCUT2D eigenvalue weighted by molar-refractivity contribution is -0.139. The zero-order chi connectivity index (χ0) is 20.5. The van der Waals surface area contributed by atoms with Crippen LogP contribution in [0.25, 0.3) is 10.8 Å². The third kappa shape index (κ3) is 7.06. The molecule has 2 aromatic carbocycles. The number of ether oxygens (including phenoxy) is 2. The second-order valence-corrected chi connectivity index (χ2v) is 6.11. The van der Waals surface area contributed by atoms with Gasteiger partial charge in [0.05, 0.1) is 0 Å². The lowest BCUT2D eigenvalue weighted by atomic mass is 10.1. The first-order chi connectivity index (χ1) is 13.3. The first-order valence-corrected chi connectivity index (χ1v) is 8.72. The summed E-state index contributed by atoms with van der Waals surface area (Å²) in [4.78, 5) is 44.5. The summed E-state index contributed by atoms with van der Waals surface area (Å²) in [5.41, 5.74) is 0. The van der Waals surface area contributed by atoms with Crippen molar-refractivity contribution in [3.8, 4) is 11.5 Å². The van der Waals surface area contributed by atoms with Crippen LogP contribution in [-0.4, -0.2) is 34.1 Å². The van der Waals surface area contributed by atoms with Crippen molar-refractivity contribution < 1.29 is 38.9 Å². The molecule has 0 heterocycles. The van der Waals surface area contributed by atoms with Crippen LogP contribution in [0.15, 0.2) is 36.4 Å². The molecular weight excluding hydrogens is 368 g/mol. The van der Waals surface area contributed by atoms with Crippen LogP contribution in [-0.2, 0) is 19.2 Å². The van der Waals surface area contributed by atoms with Gasteiger partial charge in [0, 0.05) is 25.7 Å². The number of carboxylic acid groups (broad SMARTS) is 2. The van der Waals surface area contributed by atoms with Gasteiger partial charge in [-0.1, -0.05) is 12.1 Å². The number of carboxylic acids is 2. The fraction of sp³-hybridized carbons (Fsp3) is 0.300. The molecule has 0 unspecified atom stereocenters. The fourth-order valence-corrected chi connectivity index (χ4v) is 2.46. The van der Waals surface area contributed by atoms with E-state index in [-0.39, 0.29) is 38.5 Å². The maximum atomic E-state index is 11.8. The van der Waals surface area contributed by atoms with E-state index in [1.54, 1.807) is 36.4 Å². The Morgan fingerprint density at radius 1 is 0.643 bits per heavy atom. The summed E-state index contributed by atoms with van der Waals surface area (Å²) in [6, 6.07) is 9.96. The van der Waals surface area contributed by atoms with Gasteiger partial charge in [-0.15, -0.1) is 0 Å². The summed E-state index contributed by atoms with van der Waals surface area (Å²) < 4.78 is 10.4. The van der Waals surface area contributed by atoms with Crippen molar-refractivity contribution in [2.45, 2.75) is 38.5 Å². The first-order valence-electron chi connectivity index (χ1n) is 8.72. The van der Waals surface area contributed by atoms with Gasteiger partial charge < -0.3 is 19.7 Å². The van der Waals surface area contributed by atoms with E-state index in [2.05, 4.69) is 0 Å². The summed E-state index contributed by atoms with van der Waals surface area (Å²) in [7, 11) is 0. The van der Waals surface area contributed by atoms with E-state index in [1.165, 1.54) is 0 Å². The number of rotatable bonds is 10. The van der Waals surface area contributed by atoms with Crippen LogP contribution >= 0.6 is 0 Å². The van der Waals surface area contributed by atoms with Crippen LogP contribution < -0.4 is 9.47 Å². The Morgan fingerprint density at radius 2 is 1.07 bits per heavy atom. The number of hydrogen-bond donors (Lipinski definition) is 2. The molecule has 0 saturated heterocycles. The third-order valence-corrected chi connectivity index (χ3v) is 3.79. The van der Waals surface area contributed by atoms with E-state index in [4.69, 9.17) is 19.7 Å². The van der Waals surface area contributed by atoms with Gasteiger partial charge in [-0.05, 0) is 47.9 Å². The molecule has 2 N–H and O–H groups in total. The molecule has 0 aromatic heterocycles. The molecule has 0 amide bonds. The summed E-state index contributed by atoms with van der Waals surface area (Å²) in [6.45, 7) is 0. The molecule has 2 rings (SSSR count). The van der Waals surface area contributed by atoms with E-state index in [1.807, 2.05) is 0 Å². The number of aliphatic carboxylic acids is 2. The highest BCUT2D eigenvalue weighted by Gasteiger charge is 2.10. The number of carbonyl (C=O) groups is 4. The standard InChI is InChI=1S/C20H20O8/c21-17(22)3-1-5-19(25)27-15-9-7-13-8-10-16(12-14(13)11-15)28-20(26)6-2-4-18(23)24/h7-12H,1-6H2,(H,21,22)(H,23,24). The molecule has 8 heteroatoms. The lowest BCUT2D eigenvalue weighted by Crippen LogP contribution is -2.09. The summed E-state index contributed by atoms with van der Waals surface area (Å²) >= 11 is 0. The zero-order valence-electron chi connectivity index (χ0n) is 15.1. The molecule has 0 aliphatic heterocycles. The van der Waals surface area contributed by atoms with Gasteiger partial charge in [-0.2, -0.15) is 0 Å². The van der Waals surface area contributed by atoms with E-state index in [0.29, 0.717) is 16.9 Å². The van der Waals surface area contributed by atoms with Crippen LogP contribution in [0.2, 0.25) is 0 Å². The highest BCUT2D eigenvalue weighted by atomic mass is 16.5. The van der Waals surface area contributed by atoms with Crippen molar-refractivity contribution in [1.82, 2.24) is 0 Å². The van der Waals surface area contributed by atoms with Crippen LogP contribution in [0.1, 0.15) is 38.5 Å².